The van der Waals surface area contributed by atoms with E-state index in [0.29, 0.717) is 19.0 Å². The third kappa shape index (κ3) is 7.31. The zero-order valence-corrected chi connectivity index (χ0v) is 20.5. The lowest BCUT2D eigenvalue weighted by molar-refractivity contribution is -0.137. The van der Waals surface area contributed by atoms with Crippen LogP contribution in [0, 0.1) is 11.7 Å². The summed E-state index contributed by atoms with van der Waals surface area (Å²) in [6.45, 7) is 8.46. The highest BCUT2D eigenvalue weighted by Crippen LogP contribution is 2.32. The van der Waals surface area contributed by atoms with Gasteiger partial charge in [0.15, 0.2) is 0 Å². The third-order valence-corrected chi connectivity index (χ3v) is 6.13. The zero-order valence-electron chi connectivity index (χ0n) is 19.7. The number of hydrogen-bond donors (Lipinski definition) is 0. The fourth-order valence-electron chi connectivity index (χ4n) is 3.89. The summed E-state index contributed by atoms with van der Waals surface area (Å²) in [5.41, 5.74) is 4.03. The molecule has 0 heterocycles. The van der Waals surface area contributed by atoms with Crippen molar-refractivity contribution in [3.8, 4) is 11.1 Å². The van der Waals surface area contributed by atoms with E-state index in [0.717, 1.165) is 59.3 Å². The number of aryl methyl sites for hydroxylation is 1. The summed E-state index contributed by atoms with van der Waals surface area (Å²) in [7, 11) is 0. The van der Waals surface area contributed by atoms with E-state index < -0.39 is 17.6 Å². The minimum atomic E-state index is -4.35. The van der Waals surface area contributed by atoms with Crippen LogP contribution in [0.4, 0.5) is 17.6 Å². The molecule has 182 valence electrons. The summed E-state index contributed by atoms with van der Waals surface area (Å²) in [5.74, 6) is 0.0923. The smallest absolute Gasteiger partial charge is 0.295 e. The molecule has 0 aromatic heterocycles. The first-order valence-electron chi connectivity index (χ1n) is 11.5. The van der Waals surface area contributed by atoms with E-state index in [4.69, 9.17) is 11.6 Å². The van der Waals surface area contributed by atoms with E-state index in [2.05, 4.69) is 31.7 Å². The minimum absolute atomic E-state index is 0.106. The van der Waals surface area contributed by atoms with Crippen LogP contribution in [0.25, 0.3) is 11.1 Å². The molecular weight excluding hydrogens is 462 g/mol. The van der Waals surface area contributed by atoms with Crippen LogP contribution in [0.2, 0.25) is 5.02 Å². The van der Waals surface area contributed by atoms with Crippen LogP contribution < -0.4 is 0 Å². The first kappa shape index (κ1) is 26.2. The molecule has 0 spiro atoms. The molecular formula is C28H30ClF4N. The first-order chi connectivity index (χ1) is 16.0. The standard InChI is InChI=1S/C28H30ClF4N/c1-4-20-13-22(15-24(14-20)23-6-8-25(9-7-23)28(31,32)33)18-34(12-11-19(2)3)17-21-5-10-26(29)27(30)16-21/h5-10,13-16,19H,4,11-12,17-18H2,1-3H3. The number of halogens is 5. The monoisotopic (exact) mass is 491 g/mol. The van der Waals surface area contributed by atoms with Gasteiger partial charge in [0.2, 0.25) is 0 Å². The van der Waals surface area contributed by atoms with Crippen molar-refractivity contribution in [1.82, 2.24) is 4.90 Å². The number of alkyl halides is 3. The van der Waals surface area contributed by atoms with Crippen LogP contribution in [-0.2, 0) is 25.7 Å². The van der Waals surface area contributed by atoms with E-state index in [1.165, 1.54) is 18.2 Å². The largest absolute Gasteiger partial charge is 0.416 e. The highest BCUT2D eigenvalue weighted by atomic mass is 35.5. The molecule has 1 nitrogen and oxygen atoms in total. The van der Waals surface area contributed by atoms with Crippen LogP contribution in [0.1, 0.15) is 49.4 Å². The number of rotatable bonds is 9. The van der Waals surface area contributed by atoms with Crippen LogP contribution in [-0.4, -0.2) is 11.4 Å². The predicted octanol–water partition coefficient (Wildman–Crippen LogP) is 8.78. The number of benzene rings is 3. The normalized spacial score (nSPS) is 12.1. The maximum atomic E-state index is 14.0. The molecule has 0 saturated carbocycles. The van der Waals surface area contributed by atoms with E-state index in [1.54, 1.807) is 6.07 Å². The van der Waals surface area contributed by atoms with Gasteiger partial charge in [-0.05, 0) is 83.5 Å². The van der Waals surface area contributed by atoms with E-state index in [9.17, 15) is 17.6 Å². The lowest BCUT2D eigenvalue weighted by Crippen LogP contribution is -2.25. The lowest BCUT2D eigenvalue weighted by atomic mass is 9.97. The molecule has 34 heavy (non-hydrogen) atoms. The SMILES string of the molecule is CCc1cc(CN(CCC(C)C)Cc2ccc(Cl)c(F)c2)cc(-c2ccc(C(F)(F)F)cc2)c1. The van der Waals surface area contributed by atoms with Crippen LogP contribution >= 0.6 is 11.6 Å². The van der Waals surface area contributed by atoms with Gasteiger partial charge < -0.3 is 0 Å². The molecule has 3 aromatic carbocycles. The van der Waals surface area contributed by atoms with Gasteiger partial charge in [0.05, 0.1) is 10.6 Å². The minimum Gasteiger partial charge on any atom is -0.295 e. The summed E-state index contributed by atoms with van der Waals surface area (Å²) >= 11 is 5.84. The Hall–Kier alpha value is -2.37. The number of hydrogen-bond acceptors (Lipinski definition) is 1. The average Bonchev–Trinajstić information content (AvgIpc) is 2.79. The van der Waals surface area contributed by atoms with Gasteiger partial charge in [-0.1, -0.05) is 62.7 Å². The molecule has 3 aromatic rings. The molecule has 0 bridgehead atoms. The molecule has 0 aliphatic carbocycles. The molecule has 0 aliphatic rings. The van der Waals surface area contributed by atoms with Gasteiger partial charge in [0.25, 0.3) is 0 Å². The quantitative estimate of drug-likeness (QED) is 0.270. The second-order valence-corrected chi connectivity index (χ2v) is 9.52. The Morgan fingerprint density at radius 2 is 1.47 bits per heavy atom. The van der Waals surface area contributed by atoms with Gasteiger partial charge in [-0.2, -0.15) is 13.2 Å². The second-order valence-electron chi connectivity index (χ2n) is 9.11. The fourth-order valence-corrected chi connectivity index (χ4v) is 4.00. The van der Waals surface area contributed by atoms with Gasteiger partial charge in [-0.3, -0.25) is 4.90 Å². The molecule has 0 radical (unpaired) electrons. The van der Waals surface area contributed by atoms with Crippen LogP contribution in [0.5, 0.6) is 0 Å². The molecule has 0 atom stereocenters. The molecule has 0 amide bonds. The van der Waals surface area contributed by atoms with E-state index in [1.807, 2.05) is 18.2 Å². The van der Waals surface area contributed by atoms with Gasteiger partial charge >= 0.3 is 6.18 Å². The van der Waals surface area contributed by atoms with Crippen LogP contribution in [0.3, 0.4) is 0 Å². The molecule has 6 heteroatoms. The Morgan fingerprint density at radius 3 is 2.06 bits per heavy atom. The molecule has 0 unspecified atom stereocenters. The highest BCUT2D eigenvalue weighted by molar-refractivity contribution is 6.30. The molecule has 3 rings (SSSR count). The summed E-state index contributed by atoms with van der Waals surface area (Å²) in [6.07, 6.45) is -2.54. The summed E-state index contributed by atoms with van der Waals surface area (Å²) in [4.78, 5) is 2.27. The zero-order chi connectivity index (χ0) is 24.9. The van der Waals surface area contributed by atoms with Crippen molar-refractivity contribution < 1.29 is 17.6 Å². The molecule has 0 saturated heterocycles. The summed E-state index contributed by atoms with van der Waals surface area (Å²) < 4.78 is 52.9. The van der Waals surface area contributed by atoms with Crippen molar-refractivity contribution in [1.29, 1.82) is 0 Å². The Balaban J connectivity index is 1.88. The maximum absolute atomic E-state index is 14.0. The molecule has 0 fully saturated rings. The summed E-state index contributed by atoms with van der Waals surface area (Å²) in [6, 6.07) is 16.4. The van der Waals surface area contributed by atoms with Crippen molar-refractivity contribution >= 4 is 11.6 Å². The Morgan fingerprint density at radius 1 is 0.824 bits per heavy atom. The van der Waals surface area contributed by atoms with Crippen molar-refractivity contribution in [2.45, 2.75) is 52.9 Å². The van der Waals surface area contributed by atoms with Crippen LogP contribution in [0.15, 0.2) is 60.7 Å². The van der Waals surface area contributed by atoms with E-state index >= 15 is 0 Å². The summed E-state index contributed by atoms with van der Waals surface area (Å²) in [5, 5.41) is 0.106. The van der Waals surface area contributed by atoms with Crippen molar-refractivity contribution in [3.63, 3.8) is 0 Å². The lowest BCUT2D eigenvalue weighted by Gasteiger charge is -2.24. The highest BCUT2D eigenvalue weighted by Gasteiger charge is 2.30. The van der Waals surface area contributed by atoms with Crippen molar-refractivity contribution in [2.24, 2.45) is 5.92 Å². The Bertz CT molecular complexity index is 1090. The Kier molecular flexibility index (Phi) is 8.78. The van der Waals surface area contributed by atoms with Gasteiger partial charge in [-0.25, -0.2) is 4.39 Å². The third-order valence-electron chi connectivity index (χ3n) is 5.83. The average molecular weight is 492 g/mol. The molecule has 0 N–H and O–H groups in total. The number of nitrogens with zero attached hydrogens (tertiary/aromatic N) is 1. The van der Waals surface area contributed by atoms with Crippen molar-refractivity contribution in [3.05, 3.63) is 93.8 Å². The van der Waals surface area contributed by atoms with E-state index in [-0.39, 0.29) is 5.02 Å². The fraction of sp³-hybridized carbons (Fsp3) is 0.357. The molecule has 0 aliphatic heterocycles. The topological polar surface area (TPSA) is 3.24 Å². The van der Waals surface area contributed by atoms with Crippen molar-refractivity contribution in [2.75, 3.05) is 6.54 Å². The first-order valence-corrected chi connectivity index (χ1v) is 11.9. The van der Waals surface area contributed by atoms with Gasteiger partial charge in [-0.15, -0.1) is 0 Å². The second kappa shape index (κ2) is 11.4. The predicted molar refractivity (Wildman–Crippen MR) is 131 cm³/mol. The maximum Gasteiger partial charge on any atom is 0.416 e. The van der Waals surface area contributed by atoms with Gasteiger partial charge in [0.1, 0.15) is 5.82 Å². The Labute approximate surface area is 204 Å². The van der Waals surface area contributed by atoms with Gasteiger partial charge in [0, 0.05) is 13.1 Å².